The summed E-state index contributed by atoms with van der Waals surface area (Å²) in [5.74, 6) is 0. The van der Waals surface area contributed by atoms with Gasteiger partial charge in [0, 0.05) is 24.8 Å². The summed E-state index contributed by atoms with van der Waals surface area (Å²) >= 11 is 0. The standard InChI is InChI=1S/C8H11N3O/c1-2-10-8(7-9-1)11-3-5-12-6-4-11/h1-6,8-10H,7H2. The van der Waals surface area contributed by atoms with Gasteiger partial charge in [-0.1, -0.05) is 0 Å². The fraction of sp³-hybridized carbons (Fsp3) is 0.250. The summed E-state index contributed by atoms with van der Waals surface area (Å²) in [5, 5.41) is 6.35. The lowest BCUT2D eigenvalue weighted by Gasteiger charge is -2.30. The van der Waals surface area contributed by atoms with Crippen LogP contribution in [-0.4, -0.2) is 17.6 Å². The summed E-state index contributed by atoms with van der Waals surface area (Å²) in [7, 11) is 0. The van der Waals surface area contributed by atoms with E-state index >= 15 is 0 Å². The predicted molar refractivity (Wildman–Crippen MR) is 45.3 cm³/mol. The lowest BCUT2D eigenvalue weighted by molar-refractivity contribution is 0.273. The van der Waals surface area contributed by atoms with Crippen molar-refractivity contribution >= 4 is 0 Å². The van der Waals surface area contributed by atoms with Crippen LogP contribution in [0, 0.1) is 0 Å². The molecule has 0 radical (unpaired) electrons. The highest BCUT2D eigenvalue weighted by Crippen LogP contribution is 2.05. The van der Waals surface area contributed by atoms with Crippen LogP contribution in [0.3, 0.4) is 0 Å². The minimum absolute atomic E-state index is 0.270. The Bertz CT molecular complexity index is 222. The maximum atomic E-state index is 4.92. The number of rotatable bonds is 1. The van der Waals surface area contributed by atoms with E-state index in [9.17, 15) is 0 Å². The molecule has 4 heteroatoms. The topological polar surface area (TPSA) is 36.5 Å². The molecule has 0 bridgehead atoms. The van der Waals surface area contributed by atoms with E-state index in [0.717, 1.165) is 6.54 Å². The second kappa shape index (κ2) is 3.21. The van der Waals surface area contributed by atoms with Gasteiger partial charge in [0.2, 0.25) is 0 Å². The second-order valence-electron chi connectivity index (χ2n) is 2.58. The number of ether oxygens (including phenoxy) is 1. The Morgan fingerprint density at radius 1 is 1.25 bits per heavy atom. The molecule has 4 nitrogen and oxygen atoms in total. The minimum Gasteiger partial charge on any atom is -0.470 e. The van der Waals surface area contributed by atoms with E-state index < -0.39 is 0 Å². The van der Waals surface area contributed by atoms with Crippen LogP contribution in [0.2, 0.25) is 0 Å². The highest BCUT2D eigenvalue weighted by molar-refractivity contribution is 4.99. The molecule has 0 aromatic rings. The fourth-order valence-electron chi connectivity index (χ4n) is 1.16. The molecule has 0 amide bonds. The molecule has 1 unspecified atom stereocenters. The van der Waals surface area contributed by atoms with Crippen molar-refractivity contribution in [2.24, 2.45) is 0 Å². The number of hydrogen-bond acceptors (Lipinski definition) is 4. The Hall–Kier alpha value is -1.58. The lowest BCUT2D eigenvalue weighted by atomic mass is 10.4. The highest BCUT2D eigenvalue weighted by atomic mass is 16.5. The zero-order valence-corrected chi connectivity index (χ0v) is 6.60. The SMILES string of the molecule is C1=CNC(N2C=COC=C2)CN1. The largest absolute Gasteiger partial charge is 0.470 e. The summed E-state index contributed by atoms with van der Waals surface area (Å²) in [6, 6.07) is 0. The zero-order valence-electron chi connectivity index (χ0n) is 6.60. The normalized spacial score (nSPS) is 26.0. The Balaban J connectivity index is 1.98. The summed E-state index contributed by atoms with van der Waals surface area (Å²) in [6.45, 7) is 0.880. The van der Waals surface area contributed by atoms with Gasteiger partial charge >= 0.3 is 0 Å². The van der Waals surface area contributed by atoms with Gasteiger partial charge in [-0.05, 0) is 0 Å². The molecular weight excluding hydrogens is 154 g/mol. The number of hydrogen-bond donors (Lipinski definition) is 2. The Morgan fingerprint density at radius 3 is 2.75 bits per heavy atom. The van der Waals surface area contributed by atoms with E-state index in [4.69, 9.17) is 4.74 Å². The van der Waals surface area contributed by atoms with Crippen LogP contribution < -0.4 is 10.6 Å². The van der Waals surface area contributed by atoms with Crippen LogP contribution >= 0.6 is 0 Å². The van der Waals surface area contributed by atoms with E-state index in [1.54, 1.807) is 12.5 Å². The first-order valence-corrected chi connectivity index (χ1v) is 3.87. The average molecular weight is 165 g/mol. The number of nitrogens with zero attached hydrogens (tertiary/aromatic N) is 1. The van der Waals surface area contributed by atoms with E-state index in [0.29, 0.717) is 0 Å². The van der Waals surface area contributed by atoms with Crippen molar-refractivity contribution in [1.29, 1.82) is 0 Å². The van der Waals surface area contributed by atoms with Crippen LogP contribution in [0.15, 0.2) is 37.3 Å². The quantitative estimate of drug-likeness (QED) is 0.584. The fourth-order valence-corrected chi connectivity index (χ4v) is 1.16. The second-order valence-corrected chi connectivity index (χ2v) is 2.58. The third kappa shape index (κ3) is 1.37. The Morgan fingerprint density at radius 2 is 2.08 bits per heavy atom. The molecule has 0 spiro atoms. The molecule has 0 fully saturated rings. The van der Waals surface area contributed by atoms with Gasteiger partial charge in [0.15, 0.2) is 0 Å². The molecule has 2 rings (SSSR count). The van der Waals surface area contributed by atoms with Gasteiger partial charge in [0.25, 0.3) is 0 Å². The maximum absolute atomic E-state index is 4.92. The van der Waals surface area contributed by atoms with Crippen molar-refractivity contribution in [2.45, 2.75) is 6.17 Å². The third-order valence-corrected chi connectivity index (χ3v) is 1.78. The van der Waals surface area contributed by atoms with Gasteiger partial charge < -0.3 is 20.3 Å². The molecular formula is C8H11N3O. The van der Waals surface area contributed by atoms with Crippen LogP contribution in [-0.2, 0) is 4.74 Å². The van der Waals surface area contributed by atoms with E-state index in [2.05, 4.69) is 10.6 Å². The molecule has 2 heterocycles. The van der Waals surface area contributed by atoms with Crippen molar-refractivity contribution in [2.75, 3.05) is 6.54 Å². The third-order valence-electron chi connectivity index (χ3n) is 1.78. The van der Waals surface area contributed by atoms with Crippen molar-refractivity contribution in [1.82, 2.24) is 15.5 Å². The van der Waals surface area contributed by atoms with E-state index in [1.165, 1.54) is 0 Å². The van der Waals surface area contributed by atoms with Gasteiger partial charge in [-0.2, -0.15) is 0 Å². The molecule has 0 aromatic carbocycles. The monoisotopic (exact) mass is 165 g/mol. The minimum atomic E-state index is 0.270. The molecule has 0 saturated heterocycles. The zero-order chi connectivity index (χ0) is 8.23. The lowest BCUT2D eigenvalue weighted by Crippen LogP contribution is -2.47. The summed E-state index contributed by atoms with van der Waals surface area (Å²) < 4.78 is 4.92. The molecule has 0 saturated carbocycles. The molecule has 12 heavy (non-hydrogen) atoms. The highest BCUT2D eigenvalue weighted by Gasteiger charge is 2.13. The van der Waals surface area contributed by atoms with Crippen LogP contribution in [0.5, 0.6) is 0 Å². The summed E-state index contributed by atoms with van der Waals surface area (Å²) in [4.78, 5) is 2.04. The van der Waals surface area contributed by atoms with Gasteiger partial charge in [-0.25, -0.2) is 0 Å². The first-order chi connectivity index (χ1) is 5.97. The predicted octanol–water partition coefficient (Wildman–Crippen LogP) is 0.251. The molecule has 1 atom stereocenters. The van der Waals surface area contributed by atoms with Crippen LogP contribution in [0.4, 0.5) is 0 Å². The molecule has 0 aliphatic carbocycles. The number of nitrogens with one attached hydrogen (secondary N) is 2. The van der Waals surface area contributed by atoms with E-state index in [-0.39, 0.29) is 6.17 Å². The average Bonchev–Trinajstić information content (AvgIpc) is 2.21. The smallest absolute Gasteiger partial charge is 0.120 e. The van der Waals surface area contributed by atoms with Gasteiger partial charge in [0.05, 0.1) is 6.54 Å². The summed E-state index contributed by atoms with van der Waals surface area (Å²) in [6.07, 6.45) is 11.1. The van der Waals surface area contributed by atoms with Gasteiger partial charge in [-0.3, -0.25) is 0 Å². The van der Waals surface area contributed by atoms with Crippen LogP contribution in [0.25, 0.3) is 0 Å². The molecule has 2 aliphatic rings. The van der Waals surface area contributed by atoms with Gasteiger partial charge in [0.1, 0.15) is 18.7 Å². The van der Waals surface area contributed by atoms with Crippen molar-refractivity contribution in [3.63, 3.8) is 0 Å². The van der Waals surface area contributed by atoms with Crippen molar-refractivity contribution < 1.29 is 4.74 Å². The van der Waals surface area contributed by atoms with Crippen molar-refractivity contribution in [3.05, 3.63) is 37.3 Å². The Kier molecular flexibility index (Phi) is 1.90. The molecule has 2 aliphatic heterocycles. The first kappa shape index (κ1) is 7.09. The summed E-state index contributed by atoms with van der Waals surface area (Å²) in [5.41, 5.74) is 0. The van der Waals surface area contributed by atoms with Crippen molar-refractivity contribution in [3.8, 4) is 0 Å². The maximum Gasteiger partial charge on any atom is 0.120 e. The molecule has 64 valence electrons. The Labute approximate surface area is 71.2 Å². The molecule has 2 N–H and O–H groups in total. The van der Waals surface area contributed by atoms with E-state index in [1.807, 2.05) is 29.7 Å². The van der Waals surface area contributed by atoms with Crippen LogP contribution in [0.1, 0.15) is 0 Å². The van der Waals surface area contributed by atoms with Gasteiger partial charge in [-0.15, -0.1) is 0 Å². The first-order valence-electron chi connectivity index (χ1n) is 3.87. The molecule has 0 aromatic heterocycles.